The number of fused-ring (bicyclic) bond motifs is 1. The summed E-state index contributed by atoms with van der Waals surface area (Å²) in [6.07, 6.45) is 2.47. The predicted octanol–water partition coefficient (Wildman–Crippen LogP) is 1.73. The maximum Gasteiger partial charge on any atom is 0.268 e. The second kappa shape index (κ2) is 8.61. The van der Waals surface area contributed by atoms with Crippen LogP contribution in [0.5, 0.6) is 0 Å². The third kappa shape index (κ3) is 4.40. The Morgan fingerprint density at radius 3 is 2.62 bits per heavy atom. The van der Waals surface area contributed by atoms with E-state index in [-0.39, 0.29) is 17.6 Å². The summed E-state index contributed by atoms with van der Waals surface area (Å²) < 4.78 is 5.34. The molecule has 4 rings (SSSR count). The van der Waals surface area contributed by atoms with Gasteiger partial charge in [0.2, 0.25) is 5.91 Å². The molecule has 7 heteroatoms. The molecule has 1 atom stereocenters. The summed E-state index contributed by atoms with van der Waals surface area (Å²) in [4.78, 5) is 42.9. The van der Waals surface area contributed by atoms with Gasteiger partial charge in [-0.05, 0) is 24.5 Å². The van der Waals surface area contributed by atoms with Gasteiger partial charge in [-0.1, -0.05) is 30.3 Å². The summed E-state index contributed by atoms with van der Waals surface area (Å²) in [5.41, 5.74) is 2.71. The number of hydrogen-bond acceptors (Lipinski definition) is 4. The number of aromatic amines is 1. The van der Waals surface area contributed by atoms with Crippen molar-refractivity contribution < 1.29 is 19.1 Å². The number of hydrogen-bond donors (Lipinski definition) is 2. The molecule has 2 aliphatic rings. The molecule has 1 aliphatic heterocycles. The van der Waals surface area contributed by atoms with Gasteiger partial charge in [-0.15, -0.1) is 0 Å². The summed E-state index contributed by atoms with van der Waals surface area (Å²) in [7, 11) is 0. The number of ether oxygens (including phenoxy) is 1. The first-order valence-electron chi connectivity index (χ1n) is 10.1. The molecule has 2 N–H and O–H groups in total. The number of aromatic nitrogens is 1. The van der Waals surface area contributed by atoms with Crippen molar-refractivity contribution in [3.63, 3.8) is 0 Å². The number of Topliss-reactive ketones (excluding diaryl/α,β-unsaturated/α-hetero) is 1. The van der Waals surface area contributed by atoms with Gasteiger partial charge >= 0.3 is 0 Å². The van der Waals surface area contributed by atoms with Crippen LogP contribution in [-0.4, -0.2) is 59.8 Å². The molecule has 1 saturated heterocycles. The molecular formula is C22H25N3O4. The van der Waals surface area contributed by atoms with Gasteiger partial charge in [-0.2, -0.15) is 0 Å². The van der Waals surface area contributed by atoms with Gasteiger partial charge in [0.15, 0.2) is 5.78 Å². The number of rotatable bonds is 5. The first-order valence-corrected chi connectivity index (χ1v) is 10.1. The maximum atomic E-state index is 13.1. The van der Waals surface area contributed by atoms with Gasteiger partial charge in [-0.3, -0.25) is 14.4 Å². The van der Waals surface area contributed by atoms with Crippen molar-refractivity contribution in [2.24, 2.45) is 0 Å². The highest BCUT2D eigenvalue weighted by atomic mass is 16.5. The largest absolute Gasteiger partial charge is 0.378 e. The molecule has 1 aromatic heterocycles. The zero-order chi connectivity index (χ0) is 20.2. The molecule has 2 aromatic rings. The SMILES string of the molecule is O=C(NC(Cc1ccccc1)C(=O)N1CCOCC1)c1cc2c([nH]1)CCCC2=O. The van der Waals surface area contributed by atoms with E-state index in [0.29, 0.717) is 50.4 Å². The molecule has 2 heterocycles. The summed E-state index contributed by atoms with van der Waals surface area (Å²) in [6, 6.07) is 10.6. The Bertz CT molecular complexity index is 900. The molecule has 1 fully saturated rings. The lowest BCUT2D eigenvalue weighted by Crippen LogP contribution is -2.52. The van der Waals surface area contributed by atoms with Crippen LogP contribution in [0.3, 0.4) is 0 Å². The smallest absolute Gasteiger partial charge is 0.268 e. The molecule has 152 valence electrons. The predicted molar refractivity (Wildman–Crippen MR) is 107 cm³/mol. The second-order valence-electron chi connectivity index (χ2n) is 7.51. The number of H-pyrrole nitrogens is 1. The van der Waals surface area contributed by atoms with Crippen molar-refractivity contribution in [2.75, 3.05) is 26.3 Å². The normalized spacial score (nSPS) is 17.5. The fraction of sp³-hybridized carbons (Fsp3) is 0.409. The number of ketones is 1. The maximum absolute atomic E-state index is 13.1. The van der Waals surface area contributed by atoms with Crippen molar-refractivity contribution in [1.82, 2.24) is 15.2 Å². The number of nitrogens with one attached hydrogen (secondary N) is 2. The standard InChI is InChI=1S/C22H25N3O4/c26-20-8-4-7-17-16(20)14-18(23-17)21(27)24-19(13-15-5-2-1-3-6-15)22(28)25-9-11-29-12-10-25/h1-3,5-6,14,19,23H,4,7-13H2,(H,24,27). The molecule has 1 aliphatic carbocycles. The molecule has 0 bridgehead atoms. The number of carbonyl (C=O) groups is 3. The van der Waals surface area contributed by atoms with E-state index in [4.69, 9.17) is 4.74 Å². The Kier molecular flexibility index (Phi) is 5.76. The quantitative estimate of drug-likeness (QED) is 0.807. The zero-order valence-corrected chi connectivity index (χ0v) is 16.3. The molecule has 0 spiro atoms. The third-order valence-electron chi connectivity index (χ3n) is 5.48. The Labute approximate surface area is 169 Å². The minimum absolute atomic E-state index is 0.0618. The number of amides is 2. The minimum atomic E-state index is -0.681. The molecule has 1 unspecified atom stereocenters. The number of aryl methyl sites for hydroxylation is 1. The van der Waals surface area contributed by atoms with Gasteiger partial charge in [-0.25, -0.2) is 0 Å². The van der Waals surface area contributed by atoms with Crippen molar-refractivity contribution in [3.8, 4) is 0 Å². The number of nitrogens with zero attached hydrogens (tertiary/aromatic N) is 1. The van der Waals surface area contributed by atoms with Crippen molar-refractivity contribution >= 4 is 17.6 Å². The summed E-state index contributed by atoms with van der Waals surface area (Å²) in [5, 5.41) is 2.89. The lowest BCUT2D eigenvalue weighted by atomic mass is 9.97. The van der Waals surface area contributed by atoms with E-state index in [1.807, 2.05) is 30.3 Å². The van der Waals surface area contributed by atoms with Crippen LogP contribution in [0.1, 0.15) is 44.9 Å². The molecule has 7 nitrogen and oxygen atoms in total. The Balaban J connectivity index is 1.53. The van der Waals surface area contributed by atoms with E-state index in [2.05, 4.69) is 10.3 Å². The van der Waals surface area contributed by atoms with E-state index >= 15 is 0 Å². The van der Waals surface area contributed by atoms with E-state index < -0.39 is 6.04 Å². The molecule has 1 aromatic carbocycles. The van der Waals surface area contributed by atoms with Crippen LogP contribution in [0.4, 0.5) is 0 Å². The number of carbonyl (C=O) groups excluding carboxylic acids is 3. The average Bonchev–Trinajstić information content (AvgIpc) is 3.20. The molecular weight excluding hydrogens is 370 g/mol. The number of morpholine rings is 1. The van der Waals surface area contributed by atoms with E-state index in [9.17, 15) is 14.4 Å². The van der Waals surface area contributed by atoms with Crippen LogP contribution in [0, 0.1) is 0 Å². The van der Waals surface area contributed by atoms with Gasteiger partial charge in [0.25, 0.3) is 5.91 Å². The monoisotopic (exact) mass is 395 g/mol. The Morgan fingerprint density at radius 2 is 1.90 bits per heavy atom. The van der Waals surface area contributed by atoms with Crippen molar-refractivity contribution in [2.45, 2.75) is 31.7 Å². The van der Waals surface area contributed by atoms with Crippen LogP contribution in [-0.2, 0) is 22.4 Å². The summed E-state index contributed by atoms with van der Waals surface area (Å²) >= 11 is 0. The first kappa shape index (κ1) is 19.4. The average molecular weight is 395 g/mol. The van der Waals surface area contributed by atoms with Crippen LogP contribution < -0.4 is 5.32 Å². The van der Waals surface area contributed by atoms with E-state index in [0.717, 1.165) is 24.1 Å². The summed E-state index contributed by atoms with van der Waals surface area (Å²) in [5.74, 6) is -0.417. The van der Waals surface area contributed by atoms with E-state index in [1.54, 1.807) is 11.0 Å². The highest BCUT2D eigenvalue weighted by Gasteiger charge is 2.29. The second-order valence-corrected chi connectivity index (χ2v) is 7.51. The minimum Gasteiger partial charge on any atom is -0.378 e. The summed E-state index contributed by atoms with van der Waals surface area (Å²) in [6.45, 7) is 2.04. The topological polar surface area (TPSA) is 91.5 Å². The highest BCUT2D eigenvalue weighted by Crippen LogP contribution is 2.22. The van der Waals surface area contributed by atoms with Gasteiger partial charge in [0.05, 0.1) is 13.2 Å². The highest BCUT2D eigenvalue weighted by molar-refractivity contribution is 6.03. The van der Waals surface area contributed by atoms with Crippen LogP contribution in [0.25, 0.3) is 0 Å². The van der Waals surface area contributed by atoms with Crippen LogP contribution in [0.15, 0.2) is 36.4 Å². The molecule has 0 saturated carbocycles. The molecule has 2 amide bonds. The fourth-order valence-corrected chi connectivity index (χ4v) is 3.92. The van der Waals surface area contributed by atoms with E-state index in [1.165, 1.54) is 0 Å². The molecule has 29 heavy (non-hydrogen) atoms. The lowest BCUT2D eigenvalue weighted by Gasteiger charge is -2.30. The lowest BCUT2D eigenvalue weighted by molar-refractivity contribution is -0.137. The van der Waals surface area contributed by atoms with Crippen LogP contribution in [0.2, 0.25) is 0 Å². The van der Waals surface area contributed by atoms with Gasteiger partial charge in [0.1, 0.15) is 11.7 Å². The van der Waals surface area contributed by atoms with Crippen molar-refractivity contribution in [1.29, 1.82) is 0 Å². The third-order valence-corrected chi connectivity index (χ3v) is 5.48. The fourth-order valence-electron chi connectivity index (χ4n) is 3.92. The first-order chi connectivity index (χ1) is 14.1. The van der Waals surface area contributed by atoms with Gasteiger partial charge < -0.3 is 19.9 Å². The number of benzene rings is 1. The Hall–Kier alpha value is -2.93. The van der Waals surface area contributed by atoms with Crippen LogP contribution >= 0.6 is 0 Å². The van der Waals surface area contributed by atoms with Crippen molar-refractivity contribution in [3.05, 3.63) is 58.9 Å². The Morgan fingerprint density at radius 1 is 1.14 bits per heavy atom. The van der Waals surface area contributed by atoms with Gasteiger partial charge in [0, 0.05) is 37.2 Å². The zero-order valence-electron chi connectivity index (χ0n) is 16.3. The molecule has 0 radical (unpaired) electrons.